The van der Waals surface area contributed by atoms with E-state index in [0.29, 0.717) is 0 Å². The lowest BCUT2D eigenvalue weighted by Crippen LogP contribution is -2.10. The van der Waals surface area contributed by atoms with Gasteiger partial charge in [-0.1, -0.05) is 220 Å². The Kier molecular flexibility index (Phi) is 36.9. The smallest absolute Gasteiger partial charge is 0.00472 e. The minimum atomic E-state index is 0.915. The lowest BCUT2D eigenvalue weighted by Gasteiger charge is -2.21. The average molecular weight is 595 g/mol. The Morgan fingerprint density at radius 2 is 0.463 bits per heavy atom. The standard InChI is InChI=1S/C40H82S/c1-5-9-11-13-15-17-19-21-23-25-27-29-31-33-35-37-39(7-3)41-40(8-4)38-36-34-32-30-28-26-24-22-20-18-16-14-12-10-6-2/h39-40H,5-38H2,1-4H3/t39-,40-/m1/s1. The summed E-state index contributed by atoms with van der Waals surface area (Å²) < 4.78 is 0. The maximum Gasteiger partial charge on any atom is 0.00472 e. The van der Waals surface area contributed by atoms with Crippen molar-refractivity contribution in [3.8, 4) is 0 Å². The molecule has 0 aromatic rings. The van der Waals surface area contributed by atoms with E-state index in [0.717, 1.165) is 10.5 Å². The highest BCUT2D eigenvalue weighted by atomic mass is 32.2. The van der Waals surface area contributed by atoms with E-state index in [1.807, 2.05) is 0 Å². The van der Waals surface area contributed by atoms with Crippen molar-refractivity contribution in [3.05, 3.63) is 0 Å². The number of hydrogen-bond donors (Lipinski definition) is 0. The SMILES string of the molecule is CCCCCCCCCCCCCCCCC[C@@H](CC)S[C@H](CC)CCCCCCCCCCCCCCCCC. The molecule has 248 valence electrons. The molecule has 0 fully saturated rings. The van der Waals surface area contributed by atoms with Crippen molar-refractivity contribution in [2.24, 2.45) is 0 Å². The van der Waals surface area contributed by atoms with E-state index < -0.39 is 0 Å². The van der Waals surface area contributed by atoms with E-state index in [2.05, 4.69) is 39.5 Å². The normalized spacial score (nSPS) is 13.2. The molecule has 0 bridgehead atoms. The fourth-order valence-electron chi connectivity index (χ4n) is 6.50. The van der Waals surface area contributed by atoms with Crippen molar-refractivity contribution in [1.82, 2.24) is 0 Å². The second-order valence-corrected chi connectivity index (χ2v) is 15.3. The Morgan fingerprint density at radius 3 is 0.659 bits per heavy atom. The van der Waals surface area contributed by atoms with Crippen LogP contribution in [0.15, 0.2) is 0 Å². The van der Waals surface area contributed by atoms with Gasteiger partial charge in [-0.3, -0.25) is 0 Å². The Bertz CT molecular complexity index is 406. The number of rotatable bonds is 36. The van der Waals surface area contributed by atoms with Gasteiger partial charge in [0.15, 0.2) is 0 Å². The number of unbranched alkanes of at least 4 members (excludes halogenated alkanes) is 28. The highest BCUT2D eigenvalue weighted by Crippen LogP contribution is 2.30. The quantitative estimate of drug-likeness (QED) is 0.0650. The van der Waals surface area contributed by atoms with Crippen LogP contribution in [0.1, 0.15) is 246 Å². The molecular formula is C40H82S. The Balaban J connectivity index is 3.50. The molecule has 0 heterocycles. The summed E-state index contributed by atoms with van der Waals surface area (Å²) in [6.07, 6.45) is 49.8. The van der Waals surface area contributed by atoms with Crippen LogP contribution in [0.3, 0.4) is 0 Å². The molecule has 0 unspecified atom stereocenters. The lowest BCUT2D eigenvalue weighted by atomic mass is 10.0. The second-order valence-electron chi connectivity index (χ2n) is 13.7. The summed E-state index contributed by atoms with van der Waals surface area (Å²) in [6.45, 7) is 9.49. The van der Waals surface area contributed by atoms with Crippen LogP contribution in [0.25, 0.3) is 0 Å². The van der Waals surface area contributed by atoms with E-state index in [-0.39, 0.29) is 0 Å². The Morgan fingerprint density at radius 1 is 0.268 bits per heavy atom. The minimum absolute atomic E-state index is 0.915. The van der Waals surface area contributed by atoms with E-state index in [4.69, 9.17) is 0 Å². The molecule has 0 aliphatic heterocycles. The third-order valence-electron chi connectivity index (χ3n) is 9.55. The highest BCUT2D eigenvalue weighted by molar-refractivity contribution is 8.00. The van der Waals surface area contributed by atoms with Crippen molar-refractivity contribution in [2.45, 2.75) is 257 Å². The average Bonchev–Trinajstić information content (AvgIpc) is 2.99. The first-order chi connectivity index (χ1) is 20.3. The van der Waals surface area contributed by atoms with Gasteiger partial charge in [0.2, 0.25) is 0 Å². The molecule has 0 spiro atoms. The topological polar surface area (TPSA) is 0 Å². The second kappa shape index (κ2) is 36.5. The van der Waals surface area contributed by atoms with Crippen LogP contribution in [0, 0.1) is 0 Å². The van der Waals surface area contributed by atoms with E-state index in [1.54, 1.807) is 0 Å². The van der Waals surface area contributed by atoms with Crippen LogP contribution in [0.2, 0.25) is 0 Å². The monoisotopic (exact) mass is 595 g/mol. The van der Waals surface area contributed by atoms with Gasteiger partial charge in [-0.15, -0.1) is 0 Å². The summed E-state index contributed by atoms with van der Waals surface area (Å²) in [4.78, 5) is 0. The van der Waals surface area contributed by atoms with Gasteiger partial charge in [0.25, 0.3) is 0 Å². The molecule has 0 saturated carbocycles. The van der Waals surface area contributed by atoms with Gasteiger partial charge in [-0.05, 0) is 25.7 Å². The van der Waals surface area contributed by atoms with Crippen molar-refractivity contribution in [2.75, 3.05) is 0 Å². The maximum absolute atomic E-state index is 2.43. The summed E-state index contributed by atoms with van der Waals surface area (Å²) in [5, 5.41) is 1.83. The lowest BCUT2D eigenvalue weighted by molar-refractivity contribution is 0.525. The zero-order chi connectivity index (χ0) is 29.9. The van der Waals surface area contributed by atoms with Gasteiger partial charge in [0.1, 0.15) is 0 Å². The molecule has 0 rings (SSSR count). The molecule has 0 radical (unpaired) electrons. The predicted molar refractivity (Wildman–Crippen MR) is 195 cm³/mol. The van der Waals surface area contributed by atoms with Crippen LogP contribution in [-0.2, 0) is 0 Å². The third kappa shape index (κ3) is 33.1. The van der Waals surface area contributed by atoms with E-state index in [1.165, 1.54) is 218 Å². The van der Waals surface area contributed by atoms with Gasteiger partial charge >= 0.3 is 0 Å². The van der Waals surface area contributed by atoms with Crippen LogP contribution in [0.4, 0.5) is 0 Å². The third-order valence-corrected chi connectivity index (χ3v) is 11.5. The molecule has 2 atom stereocenters. The molecule has 0 saturated heterocycles. The first-order valence-corrected chi connectivity index (χ1v) is 20.9. The van der Waals surface area contributed by atoms with Crippen molar-refractivity contribution in [1.29, 1.82) is 0 Å². The van der Waals surface area contributed by atoms with E-state index in [9.17, 15) is 0 Å². The first kappa shape index (κ1) is 41.4. The molecule has 1 heteroatoms. The Labute approximate surface area is 267 Å². The first-order valence-electron chi connectivity index (χ1n) is 19.9. The number of hydrogen-bond acceptors (Lipinski definition) is 1. The van der Waals surface area contributed by atoms with Crippen molar-refractivity contribution < 1.29 is 0 Å². The zero-order valence-corrected chi connectivity index (χ0v) is 30.4. The van der Waals surface area contributed by atoms with Crippen molar-refractivity contribution in [3.63, 3.8) is 0 Å². The van der Waals surface area contributed by atoms with Gasteiger partial charge in [-0.2, -0.15) is 11.8 Å². The van der Waals surface area contributed by atoms with Gasteiger partial charge in [0, 0.05) is 10.5 Å². The fourth-order valence-corrected chi connectivity index (χ4v) is 8.03. The largest absolute Gasteiger partial charge is 0.155 e. The van der Waals surface area contributed by atoms with Crippen LogP contribution >= 0.6 is 11.8 Å². The summed E-state index contributed by atoms with van der Waals surface area (Å²) in [7, 11) is 0. The fraction of sp³-hybridized carbons (Fsp3) is 1.00. The highest BCUT2D eigenvalue weighted by Gasteiger charge is 2.14. The van der Waals surface area contributed by atoms with Crippen molar-refractivity contribution >= 4 is 11.8 Å². The molecule has 0 amide bonds. The van der Waals surface area contributed by atoms with Crippen LogP contribution in [-0.4, -0.2) is 10.5 Å². The maximum atomic E-state index is 2.43. The van der Waals surface area contributed by atoms with E-state index >= 15 is 0 Å². The molecule has 0 aromatic heterocycles. The van der Waals surface area contributed by atoms with Crippen LogP contribution < -0.4 is 0 Å². The van der Waals surface area contributed by atoms with Gasteiger partial charge in [-0.25, -0.2) is 0 Å². The molecule has 0 aliphatic carbocycles. The molecular weight excluding hydrogens is 513 g/mol. The van der Waals surface area contributed by atoms with Crippen LogP contribution in [0.5, 0.6) is 0 Å². The molecule has 0 N–H and O–H groups in total. The molecule has 0 aromatic carbocycles. The van der Waals surface area contributed by atoms with Gasteiger partial charge < -0.3 is 0 Å². The summed E-state index contributed by atoms with van der Waals surface area (Å²) >= 11 is 2.36. The summed E-state index contributed by atoms with van der Waals surface area (Å²) in [6, 6.07) is 0. The zero-order valence-electron chi connectivity index (χ0n) is 29.6. The Hall–Kier alpha value is 0.350. The predicted octanol–water partition coefficient (Wildman–Crippen LogP) is 15.8. The molecule has 0 nitrogen and oxygen atoms in total. The van der Waals surface area contributed by atoms with Gasteiger partial charge in [0.05, 0.1) is 0 Å². The molecule has 0 aliphatic rings. The minimum Gasteiger partial charge on any atom is -0.155 e. The number of thioether (sulfide) groups is 1. The summed E-state index contributed by atoms with van der Waals surface area (Å²) in [5.74, 6) is 0. The molecule has 41 heavy (non-hydrogen) atoms. The summed E-state index contributed by atoms with van der Waals surface area (Å²) in [5.41, 5.74) is 0.